The van der Waals surface area contributed by atoms with Crippen LogP contribution in [0.1, 0.15) is 86.0 Å². The van der Waals surface area contributed by atoms with Crippen LogP contribution in [0.3, 0.4) is 0 Å². The first-order valence-electron chi connectivity index (χ1n) is 12.0. The number of hydrogen-bond acceptors (Lipinski definition) is 5. The summed E-state index contributed by atoms with van der Waals surface area (Å²) in [5.74, 6) is 0.858. The summed E-state index contributed by atoms with van der Waals surface area (Å²) in [6.07, 6.45) is 7.74. The summed E-state index contributed by atoms with van der Waals surface area (Å²) >= 11 is 8.32. The average Bonchev–Trinajstić information content (AvgIpc) is 2.93. The standard InChI is InChI=1S/C25H42ClNO3S/c1-24(2,3)31-22-19-13-18(28)11-12-20(19)27(15-16-7-9-17(26)10-8-16)21(22)14-25(4,5)23(29)30-6/h16-20,28H,7-15H2,1-6H3. The van der Waals surface area contributed by atoms with Gasteiger partial charge in [0, 0.05) is 45.7 Å². The molecule has 3 unspecified atom stereocenters. The average molecular weight is 472 g/mol. The third-order valence-electron chi connectivity index (χ3n) is 7.15. The molecule has 0 aromatic carbocycles. The maximum absolute atomic E-state index is 12.6. The van der Waals surface area contributed by atoms with Crippen molar-refractivity contribution in [3.63, 3.8) is 0 Å². The molecular formula is C25H42ClNO3S. The molecule has 178 valence electrons. The van der Waals surface area contributed by atoms with Crippen molar-refractivity contribution < 1.29 is 14.6 Å². The number of carbonyl (C=O) groups is 1. The van der Waals surface area contributed by atoms with Gasteiger partial charge in [0.1, 0.15) is 0 Å². The molecule has 3 rings (SSSR count). The lowest BCUT2D eigenvalue weighted by atomic mass is 9.83. The second-order valence-corrected chi connectivity index (χ2v) is 14.0. The number of ether oxygens (including phenoxy) is 1. The highest BCUT2D eigenvalue weighted by atomic mass is 35.5. The van der Waals surface area contributed by atoms with E-state index in [9.17, 15) is 9.90 Å². The Morgan fingerprint density at radius 1 is 1.13 bits per heavy atom. The Hall–Kier alpha value is -0.390. The molecule has 3 aliphatic rings. The van der Waals surface area contributed by atoms with Crippen molar-refractivity contribution in [3.8, 4) is 0 Å². The van der Waals surface area contributed by atoms with Crippen LogP contribution in [0.15, 0.2) is 10.6 Å². The van der Waals surface area contributed by atoms with Crippen molar-refractivity contribution in [2.24, 2.45) is 17.3 Å². The van der Waals surface area contributed by atoms with Gasteiger partial charge in [-0.15, -0.1) is 23.4 Å². The fourth-order valence-corrected chi connectivity index (χ4v) is 7.21. The first-order chi connectivity index (χ1) is 14.4. The van der Waals surface area contributed by atoms with Crippen LogP contribution in [-0.2, 0) is 9.53 Å². The highest BCUT2D eigenvalue weighted by molar-refractivity contribution is 8.04. The van der Waals surface area contributed by atoms with Gasteiger partial charge in [-0.2, -0.15) is 0 Å². The van der Waals surface area contributed by atoms with Crippen LogP contribution < -0.4 is 0 Å². The molecule has 0 saturated heterocycles. The number of aliphatic hydroxyl groups is 1. The third-order valence-corrected chi connectivity index (χ3v) is 8.96. The van der Waals surface area contributed by atoms with Gasteiger partial charge in [0.05, 0.1) is 18.6 Å². The number of esters is 1. The van der Waals surface area contributed by atoms with Crippen molar-refractivity contribution >= 4 is 29.3 Å². The van der Waals surface area contributed by atoms with E-state index < -0.39 is 5.41 Å². The summed E-state index contributed by atoms with van der Waals surface area (Å²) in [5, 5.41) is 10.8. The molecule has 0 radical (unpaired) electrons. The molecule has 6 heteroatoms. The van der Waals surface area contributed by atoms with Crippen LogP contribution in [-0.4, -0.2) is 51.9 Å². The van der Waals surface area contributed by atoms with Crippen molar-refractivity contribution in [3.05, 3.63) is 10.6 Å². The molecule has 1 aliphatic heterocycles. The number of halogens is 1. The highest BCUT2D eigenvalue weighted by Gasteiger charge is 2.47. The van der Waals surface area contributed by atoms with Gasteiger partial charge in [-0.3, -0.25) is 4.79 Å². The summed E-state index contributed by atoms with van der Waals surface area (Å²) < 4.78 is 5.23. The fraction of sp³-hybridized carbons (Fsp3) is 0.880. The zero-order chi connectivity index (χ0) is 23.0. The molecule has 0 bridgehead atoms. The second kappa shape index (κ2) is 9.85. The molecule has 2 fully saturated rings. The number of nitrogens with zero attached hydrogens (tertiary/aromatic N) is 1. The molecule has 1 N–H and O–H groups in total. The fourth-order valence-electron chi connectivity index (χ4n) is 5.59. The van der Waals surface area contributed by atoms with Crippen LogP contribution in [0.25, 0.3) is 0 Å². The van der Waals surface area contributed by atoms with E-state index in [2.05, 4.69) is 25.7 Å². The molecule has 4 nitrogen and oxygen atoms in total. The topological polar surface area (TPSA) is 49.8 Å². The lowest BCUT2D eigenvalue weighted by Crippen LogP contribution is -2.43. The molecule has 31 heavy (non-hydrogen) atoms. The molecule has 2 saturated carbocycles. The number of allylic oxidation sites excluding steroid dienone is 1. The van der Waals surface area contributed by atoms with Gasteiger partial charge < -0.3 is 14.7 Å². The van der Waals surface area contributed by atoms with Gasteiger partial charge in [0.2, 0.25) is 0 Å². The molecule has 0 aromatic heterocycles. The third kappa shape index (κ3) is 6.14. The maximum Gasteiger partial charge on any atom is 0.311 e. The van der Waals surface area contributed by atoms with E-state index in [1.807, 2.05) is 25.6 Å². The Kier molecular flexibility index (Phi) is 8.02. The van der Waals surface area contributed by atoms with E-state index in [1.54, 1.807) is 0 Å². The van der Waals surface area contributed by atoms with Crippen LogP contribution in [0.2, 0.25) is 0 Å². The Labute approximate surface area is 198 Å². The van der Waals surface area contributed by atoms with Gasteiger partial charge >= 0.3 is 5.97 Å². The minimum atomic E-state index is -0.577. The SMILES string of the molecule is COC(=O)C(C)(C)CC1=C(SC(C)(C)C)C2CC(O)CCC2N1CC1CCC(Cl)CC1. The minimum Gasteiger partial charge on any atom is -0.469 e. The van der Waals surface area contributed by atoms with E-state index in [0.29, 0.717) is 29.7 Å². The summed E-state index contributed by atoms with van der Waals surface area (Å²) in [5.41, 5.74) is 0.749. The molecule has 2 aliphatic carbocycles. The van der Waals surface area contributed by atoms with Gasteiger partial charge in [-0.25, -0.2) is 0 Å². The molecule has 0 spiro atoms. The van der Waals surface area contributed by atoms with Crippen molar-refractivity contribution in [2.45, 2.75) is 108 Å². The molecule has 0 aromatic rings. The zero-order valence-electron chi connectivity index (χ0n) is 20.2. The van der Waals surface area contributed by atoms with Gasteiger partial charge in [-0.1, -0.05) is 20.8 Å². The predicted octanol–water partition coefficient (Wildman–Crippen LogP) is 5.96. The van der Waals surface area contributed by atoms with Crippen molar-refractivity contribution in [2.75, 3.05) is 13.7 Å². The smallest absolute Gasteiger partial charge is 0.311 e. The number of thioether (sulfide) groups is 1. The first-order valence-corrected chi connectivity index (χ1v) is 13.3. The molecule has 3 atom stereocenters. The van der Waals surface area contributed by atoms with E-state index in [0.717, 1.165) is 38.6 Å². The highest BCUT2D eigenvalue weighted by Crippen LogP contribution is 2.53. The number of aliphatic hydroxyl groups excluding tert-OH is 1. The number of alkyl halides is 1. The summed E-state index contributed by atoms with van der Waals surface area (Å²) in [6.45, 7) is 11.8. The number of carbonyl (C=O) groups excluding carboxylic acids is 1. The van der Waals surface area contributed by atoms with Crippen molar-refractivity contribution in [1.29, 1.82) is 0 Å². The van der Waals surface area contributed by atoms with Crippen LogP contribution in [0, 0.1) is 17.3 Å². The number of hydrogen-bond donors (Lipinski definition) is 1. The van der Waals surface area contributed by atoms with Gasteiger partial charge in [0.15, 0.2) is 0 Å². The van der Waals surface area contributed by atoms with Crippen LogP contribution >= 0.6 is 23.4 Å². The Balaban J connectivity index is 1.96. The molecular weight excluding hydrogens is 430 g/mol. The van der Waals surface area contributed by atoms with E-state index >= 15 is 0 Å². The summed E-state index contributed by atoms with van der Waals surface area (Å²) in [6, 6.07) is 0.436. The van der Waals surface area contributed by atoms with E-state index in [4.69, 9.17) is 16.3 Å². The lowest BCUT2D eigenvalue weighted by molar-refractivity contribution is -0.150. The van der Waals surface area contributed by atoms with Crippen LogP contribution in [0.5, 0.6) is 0 Å². The van der Waals surface area contributed by atoms with E-state index in [-0.39, 0.29) is 16.8 Å². The predicted molar refractivity (Wildman–Crippen MR) is 130 cm³/mol. The van der Waals surface area contributed by atoms with Gasteiger partial charge in [0.25, 0.3) is 0 Å². The number of methoxy groups -OCH3 is 1. The van der Waals surface area contributed by atoms with Crippen molar-refractivity contribution in [1.82, 2.24) is 4.90 Å². The molecule has 1 heterocycles. The summed E-state index contributed by atoms with van der Waals surface area (Å²) in [7, 11) is 1.48. The largest absolute Gasteiger partial charge is 0.469 e. The lowest BCUT2D eigenvalue weighted by Gasteiger charge is -2.40. The molecule has 0 amide bonds. The second-order valence-electron chi connectivity index (χ2n) is 11.5. The maximum atomic E-state index is 12.6. The Morgan fingerprint density at radius 2 is 1.77 bits per heavy atom. The van der Waals surface area contributed by atoms with Gasteiger partial charge in [-0.05, 0) is 64.7 Å². The zero-order valence-corrected chi connectivity index (χ0v) is 21.8. The summed E-state index contributed by atoms with van der Waals surface area (Å²) in [4.78, 5) is 16.6. The Bertz CT molecular complexity index is 679. The van der Waals surface area contributed by atoms with Crippen LogP contribution in [0.4, 0.5) is 0 Å². The normalized spacial score (nSPS) is 32.3. The monoisotopic (exact) mass is 471 g/mol. The number of fused-ring (bicyclic) bond motifs is 1. The Morgan fingerprint density at radius 3 is 2.35 bits per heavy atom. The minimum absolute atomic E-state index is 0.0790. The quantitative estimate of drug-likeness (QED) is 0.382. The first kappa shape index (κ1) is 25.2. The van der Waals surface area contributed by atoms with E-state index in [1.165, 1.54) is 30.6 Å². The number of rotatable bonds is 6.